The van der Waals surface area contributed by atoms with Crippen LogP contribution in [0.25, 0.3) is 0 Å². The number of carbonyl (C=O) groups is 1. The summed E-state index contributed by atoms with van der Waals surface area (Å²) < 4.78 is 25.8. The number of hydrogen-bond acceptors (Lipinski definition) is 2. The summed E-state index contributed by atoms with van der Waals surface area (Å²) in [5, 5.41) is 0. The van der Waals surface area contributed by atoms with Gasteiger partial charge in [-0.1, -0.05) is 0 Å². The van der Waals surface area contributed by atoms with E-state index in [0.717, 1.165) is 9.37 Å². The van der Waals surface area contributed by atoms with Gasteiger partial charge in [-0.25, -0.2) is 13.8 Å². The molecule has 1 aliphatic rings. The molecule has 1 aromatic rings. The highest BCUT2D eigenvalue weighted by Gasteiger charge is 2.46. The van der Waals surface area contributed by atoms with Gasteiger partial charge in [-0.15, -0.1) is 0 Å². The van der Waals surface area contributed by atoms with Crippen LogP contribution in [0.4, 0.5) is 8.78 Å². The summed E-state index contributed by atoms with van der Waals surface area (Å²) in [6.45, 7) is -1.02. The maximum Gasteiger partial charge on any atom is 0.282 e. The third kappa shape index (κ3) is 2.14. The third-order valence-electron chi connectivity index (χ3n) is 2.08. The second kappa shape index (κ2) is 3.52. The second-order valence-corrected chi connectivity index (χ2v) is 4.29. The lowest BCUT2D eigenvalue weighted by molar-refractivity contribution is -0.113. The summed E-state index contributed by atoms with van der Waals surface area (Å²) in [5.74, 6) is -3.18. The van der Waals surface area contributed by atoms with Crippen molar-refractivity contribution in [3.8, 4) is 0 Å². The van der Waals surface area contributed by atoms with Crippen molar-refractivity contribution in [3.05, 3.63) is 28.5 Å². The average molecular weight is 277 g/mol. The molecule has 0 spiro atoms. The zero-order valence-corrected chi connectivity index (χ0v) is 9.17. The summed E-state index contributed by atoms with van der Waals surface area (Å²) in [7, 11) is 0. The maximum absolute atomic E-state index is 12.5. The summed E-state index contributed by atoms with van der Waals surface area (Å²) in [6, 6.07) is 3.15. The highest BCUT2D eigenvalue weighted by molar-refractivity contribution is 9.10. The molecule has 1 amide bonds. The van der Waals surface area contributed by atoms with Crippen molar-refractivity contribution in [1.82, 2.24) is 9.88 Å². The number of nitrogens with zero attached hydrogens (tertiary/aromatic N) is 2. The van der Waals surface area contributed by atoms with Gasteiger partial charge >= 0.3 is 0 Å². The molecule has 1 saturated heterocycles. The van der Waals surface area contributed by atoms with E-state index in [4.69, 9.17) is 0 Å². The lowest BCUT2D eigenvalue weighted by atomic mass is 10.1. The molecule has 0 N–H and O–H groups in total. The van der Waals surface area contributed by atoms with Gasteiger partial charge in [0.1, 0.15) is 5.69 Å². The number of hydrogen-bond donors (Lipinski definition) is 0. The minimum absolute atomic E-state index is 0.189. The Labute approximate surface area is 93.2 Å². The molecule has 0 atom stereocenters. The molecule has 1 aliphatic heterocycles. The molecule has 2 heterocycles. The molecule has 0 radical (unpaired) electrons. The Balaban J connectivity index is 2.07. The Kier molecular flexibility index (Phi) is 2.46. The predicted octanol–water partition coefficient (Wildman–Crippen LogP) is 1.94. The topological polar surface area (TPSA) is 33.2 Å². The number of halogens is 3. The van der Waals surface area contributed by atoms with E-state index in [-0.39, 0.29) is 5.69 Å². The van der Waals surface area contributed by atoms with Gasteiger partial charge < -0.3 is 4.90 Å². The Hall–Kier alpha value is -1.04. The first-order valence-corrected chi connectivity index (χ1v) is 5.06. The molecule has 80 valence electrons. The van der Waals surface area contributed by atoms with E-state index in [9.17, 15) is 13.6 Å². The standard InChI is InChI=1S/C9H7BrF2N2O/c10-6-1-2-7(13-3-6)8(15)14-4-9(11,12)5-14/h1-3H,4-5H2. The van der Waals surface area contributed by atoms with Crippen LogP contribution in [0.5, 0.6) is 0 Å². The van der Waals surface area contributed by atoms with Gasteiger partial charge in [0.2, 0.25) is 0 Å². The first kappa shape index (κ1) is 10.5. The molecular formula is C9H7BrF2N2O. The molecule has 0 unspecified atom stereocenters. The zero-order chi connectivity index (χ0) is 11.1. The van der Waals surface area contributed by atoms with E-state index in [0.29, 0.717) is 0 Å². The first-order chi connectivity index (χ1) is 6.98. The normalized spacial score (nSPS) is 18.5. The number of likely N-dealkylation sites (tertiary alicyclic amines) is 1. The van der Waals surface area contributed by atoms with Crippen LogP contribution in [-0.2, 0) is 0 Å². The summed E-state index contributed by atoms with van der Waals surface area (Å²) in [6.07, 6.45) is 1.46. The fourth-order valence-electron chi connectivity index (χ4n) is 1.32. The number of amides is 1. The number of pyridine rings is 1. The highest BCUT2D eigenvalue weighted by Crippen LogP contribution is 2.27. The third-order valence-corrected chi connectivity index (χ3v) is 2.55. The fraction of sp³-hybridized carbons (Fsp3) is 0.333. The maximum atomic E-state index is 12.5. The van der Waals surface area contributed by atoms with Gasteiger partial charge in [0.05, 0.1) is 13.1 Å². The highest BCUT2D eigenvalue weighted by atomic mass is 79.9. The molecule has 15 heavy (non-hydrogen) atoms. The number of rotatable bonds is 1. The van der Waals surface area contributed by atoms with Crippen molar-refractivity contribution < 1.29 is 13.6 Å². The van der Waals surface area contributed by atoms with Gasteiger partial charge in [-0.05, 0) is 28.1 Å². The predicted molar refractivity (Wildman–Crippen MR) is 52.8 cm³/mol. The van der Waals surface area contributed by atoms with Gasteiger partial charge in [-0.2, -0.15) is 0 Å². The van der Waals surface area contributed by atoms with Crippen LogP contribution in [0, 0.1) is 0 Å². The van der Waals surface area contributed by atoms with E-state index in [1.807, 2.05) is 0 Å². The molecule has 1 aromatic heterocycles. The Bertz CT molecular complexity index is 386. The summed E-state index contributed by atoms with van der Waals surface area (Å²) >= 11 is 3.17. The molecule has 6 heteroatoms. The number of carbonyl (C=O) groups excluding carboxylic acids is 1. The van der Waals surface area contributed by atoms with E-state index in [1.54, 1.807) is 6.07 Å². The minimum Gasteiger partial charge on any atom is -0.325 e. The second-order valence-electron chi connectivity index (χ2n) is 3.38. The molecule has 0 bridgehead atoms. The number of alkyl halides is 2. The SMILES string of the molecule is O=C(c1ccc(Br)cn1)N1CC(F)(F)C1. The van der Waals surface area contributed by atoms with Crippen molar-refractivity contribution in [2.45, 2.75) is 5.92 Å². The largest absolute Gasteiger partial charge is 0.325 e. The van der Waals surface area contributed by atoms with Crippen molar-refractivity contribution in [3.63, 3.8) is 0 Å². The van der Waals surface area contributed by atoms with Crippen molar-refractivity contribution in [2.24, 2.45) is 0 Å². The fourth-order valence-corrected chi connectivity index (χ4v) is 1.55. The molecule has 0 aliphatic carbocycles. The van der Waals surface area contributed by atoms with Crippen LogP contribution >= 0.6 is 15.9 Å². The molecular weight excluding hydrogens is 270 g/mol. The lowest BCUT2D eigenvalue weighted by Gasteiger charge is -2.38. The lowest BCUT2D eigenvalue weighted by Crippen LogP contribution is -2.58. The van der Waals surface area contributed by atoms with Crippen LogP contribution in [0.15, 0.2) is 22.8 Å². The molecule has 0 aromatic carbocycles. The van der Waals surface area contributed by atoms with Crippen LogP contribution in [0.1, 0.15) is 10.5 Å². The zero-order valence-electron chi connectivity index (χ0n) is 7.58. The summed E-state index contributed by atoms with van der Waals surface area (Å²) in [4.78, 5) is 16.5. The van der Waals surface area contributed by atoms with Crippen LogP contribution in [0.2, 0.25) is 0 Å². The monoisotopic (exact) mass is 276 g/mol. The van der Waals surface area contributed by atoms with Crippen LogP contribution < -0.4 is 0 Å². The Morgan fingerprint density at radius 2 is 2.13 bits per heavy atom. The van der Waals surface area contributed by atoms with Crippen LogP contribution in [-0.4, -0.2) is 34.8 Å². The average Bonchev–Trinajstić information content (AvgIpc) is 2.14. The molecule has 0 saturated carbocycles. The van der Waals surface area contributed by atoms with E-state index < -0.39 is 24.9 Å². The smallest absolute Gasteiger partial charge is 0.282 e. The van der Waals surface area contributed by atoms with Gasteiger partial charge in [-0.3, -0.25) is 4.79 Å². The quantitative estimate of drug-likeness (QED) is 0.786. The molecule has 2 rings (SSSR count). The van der Waals surface area contributed by atoms with Gasteiger partial charge in [0.25, 0.3) is 11.8 Å². The van der Waals surface area contributed by atoms with Gasteiger partial charge in [0, 0.05) is 10.7 Å². The van der Waals surface area contributed by atoms with E-state index >= 15 is 0 Å². The minimum atomic E-state index is -2.73. The van der Waals surface area contributed by atoms with Gasteiger partial charge in [0.15, 0.2) is 0 Å². The number of aromatic nitrogens is 1. The van der Waals surface area contributed by atoms with Crippen molar-refractivity contribution in [2.75, 3.05) is 13.1 Å². The molecule has 3 nitrogen and oxygen atoms in total. The van der Waals surface area contributed by atoms with E-state index in [1.165, 1.54) is 12.3 Å². The summed E-state index contributed by atoms with van der Waals surface area (Å²) in [5.41, 5.74) is 0.189. The van der Waals surface area contributed by atoms with Crippen molar-refractivity contribution in [1.29, 1.82) is 0 Å². The first-order valence-electron chi connectivity index (χ1n) is 4.27. The van der Waals surface area contributed by atoms with Crippen LogP contribution in [0.3, 0.4) is 0 Å². The Morgan fingerprint density at radius 1 is 1.47 bits per heavy atom. The Morgan fingerprint density at radius 3 is 2.60 bits per heavy atom. The van der Waals surface area contributed by atoms with E-state index in [2.05, 4.69) is 20.9 Å². The van der Waals surface area contributed by atoms with Crippen molar-refractivity contribution >= 4 is 21.8 Å². The molecule has 1 fully saturated rings.